The first kappa shape index (κ1) is 15.7. The van der Waals surface area contributed by atoms with Gasteiger partial charge < -0.3 is 14.8 Å². The van der Waals surface area contributed by atoms with Gasteiger partial charge in [0.15, 0.2) is 17.3 Å². The second kappa shape index (κ2) is 6.95. The second-order valence-electron chi connectivity index (χ2n) is 4.98. The molecule has 1 aromatic heterocycles. The molecule has 0 aliphatic rings. The van der Waals surface area contributed by atoms with Crippen molar-refractivity contribution in [3.63, 3.8) is 0 Å². The molecule has 122 valence electrons. The number of nitrogens with zero attached hydrogens (tertiary/aromatic N) is 2. The molecule has 0 bridgehead atoms. The molecule has 0 spiro atoms. The van der Waals surface area contributed by atoms with Crippen LogP contribution in [0.1, 0.15) is 0 Å². The normalized spacial score (nSPS) is 10.3. The van der Waals surface area contributed by atoms with Crippen LogP contribution in [0, 0.1) is 5.82 Å². The summed E-state index contributed by atoms with van der Waals surface area (Å²) in [6, 6.07) is 15.4. The van der Waals surface area contributed by atoms with E-state index < -0.39 is 0 Å². The van der Waals surface area contributed by atoms with Gasteiger partial charge in [0.05, 0.1) is 25.6 Å². The minimum Gasteiger partial charge on any atom is -0.493 e. The molecule has 1 heterocycles. The number of benzene rings is 2. The zero-order valence-electron chi connectivity index (χ0n) is 13.3. The van der Waals surface area contributed by atoms with E-state index in [2.05, 4.69) is 15.5 Å². The fourth-order valence-corrected chi connectivity index (χ4v) is 2.25. The number of anilines is 2. The quantitative estimate of drug-likeness (QED) is 0.767. The smallest absolute Gasteiger partial charge is 0.161 e. The summed E-state index contributed by atoms with van der Waals surface area (Å²) in [5.74, 6) is 1.38. The van der Waals surface area contributed by atoms with Crippen LogP contribution in [0.25, 0.3) is 11.3 Å². The predicted octanol–water partition coefficient (Wildman–Crippen LogP) is 4.04. The summed E-state index contributed by atoms with van der Waals surface area (Å²) in [6.45, 7) is 0. The molecular formula is C18H16FN3O2. The van der Waals surface area contributed by atoms with Crippen LogP contribution < -0.4 is 14.8 Å². The van der Waals surface area contributed by atoms with E-state index in [4.69, 9.17) is 9.47 Å². The Labute approximate surface area is 139 Å². The van der Waals surface area contributed by atoms with Crippen molar-refractivity contribution in [1.82, 2.24) is 10.2 Å². The van der Waals surface area contributed by atoms with Crippen molar-refractivity contribution in [3.8, 4) is 22.8 Å². The Morgan fingerprint density at radius 3 is 2.33 bits per heavy atom. The van der Waals surface area contributed by atoms with Crippen LogP contribution in [0.5, 0.6) is 11.5 Å². The van der Waals surface area contributed by atoms with Gasteiger partial charge in [-0.15, -0.1) is 10.2 Å². The molecule has 6 heteroatoms. The molecular weight excluding hydrogens is 309 g/mol. The van der Waals surface area contributed by atoms with Crippen LogP contribution in [0.15, 0.2) is 54.6 Å². The molecule has 3 rings (SSSR count). The Kier molecular flexibility index (Phi) is 4.56. The highest BCUT2D eigenvalue weighted by molar-refractivity contribution is 5.65. The van der Waals surface area contributed by atoms with E-state index in [0.29, 0.717) is 28.7 Å². The highest BCUT2D eigenvalue weighted by Gasteiger charge is 2.08. The van der Waals surface area contributed by atoms with Crippen molar-refractivity contribution in [2.24, 2.45) is 0 Å². The first-order chi connectivity index (χ1) is 11.7. The number of hydrogen-bond acceptors (Lipinski definition) is 5. The van der Waals surface area contributed by atoms with E-state index in [1.807, 2.05) is 12.1 Å². The number of rotatable bonds is 5. The highest BCUT2D eigenvalue weighted by Crippen LogP contribution is 2.31. The van der Waals surface area contributed by atoms with Gasteiger partial charge in [0.1, 0.15) is 5.82 Å². The molecule has 0 amide bonds. The topological polar surface area (TPSA) is 56.3 Å². The van der Waals surface area contributed by atoms with Crippen molar-refractivity contribution >= 4 is 11.5 Å². The summed E-state index contributed by atoms with van der Waals surface area (Å²) in [7, 11) is 3.16. The molecule has 1 N–H and O–H groups in total. The van der Waals surface area contributed by atoms with Crippen LogP contribution in [-0.2, 0) is 0 Å². The monoisotopic (exact) mass is 325 g/mol. The molecule has 0 saturated carbocycles. The summed E-state index contributed by atoms with van der Waals surface area (Å²) in [6.07, 6.45) is 0. The van der Waals surface area contributed by atoms with Crippen molar-refractivity contribution < 1.29 is 13.9 Å². The Balaban J connectivity index is 1.83. The average molecular weight is 325 g/mol. The van der Waals surface area contributed by atoms with Gasteiger partial charge in [0.25, 0.3) is 0 Å². The lowest BCUT2D eigenvalue weighted by molar-refractivity contribution is 0.355. The third kappa shape index (κ3) is 3.27. The number of nitrogens with one attached hydrogen (secondary N) is 1. The SMILES string of the molecule is COc1ccc(-c2ccc(Nc3ccccc3F)nn2)cc1OC. The second-order valence-corrected chi connectivity index (χ2v) is 4.98. The van der Waals surface area contributed by atoms with E-state index >= 15 is 0 Å². The fraction of sp³-hybridized carbons (Fsp3) is 0.111. The predicted molar refractivity (Wildman–Crippen MR) is 90.3 cm³/mol. The number of para-hydroxylation sites is 1. The number of ether oxygens (including phenoxy) is 2. The fourth-order valence-electron chi connectivity index (χ4n) is 2.25. The van der Waals surface area contributed by atoms with Gasteiger partial charge >= 0.3 is 0 Å². The van der Waals surface area contributed by atoms with Gasteiger partial charge in [-0.25, -0.2) is 4.39 Å². The van der Waals surface area contributed by atoms with Crippen molar-refractivity contribution in [3.05, 3.63) is 60.4 Å². The lowest BCUT2D eigenvalue weighted by Gasteiger charge is -2.10. The molecule has 0 saturated heterocycles. The molecule has 0 atom stereocenters. The van der Waals surface area contributed by atoms with Gasteiger partial charge in [-0.2, -0.15) is 0 Å². The third-order valence-corrected chi connectivity index (χ3v) is 3.48. The van der Waals surface area contributed by atoms with E-state index in [1.165, 1.54) is 6.07 Å². The van der Waals surface area contributed by atoms with Gasteiger partial charge in [-0.3, -0.25) is 0 Å². The van der Waals surface area contributed by atoms with Crippen LogP contribution in [0.4, 0.5) is 15.9 Å². The van der Waals surface area contributed by atoms with Crippen molar-refractivity contribution in [2.45, 2.75) is 0 Å². The van der Waals surface area contributed by atoms with Crippen LogP contribution >= 0.6 is 0 Å². The maximum atomic E-state index is 13.6. The zero-order valence-corrected chi connectivity index (χ0v) is 13.3. The van der Waals surface area contributed by atoms with Gasteiger partial charge in [0.2, 0.25) is 0 Å². The van der Waals surface area contributed by atoms with Crippen LogP contribution in [-0.4, -0.2) is 24.4 Å². The van der Waals surface area contributed by atoms with E-state index in [9.17, 15) is 4.39 Å². The molecule has 0 aliphatic carbocycles. The number of aromatic nitrogens is 2. The molecule has 24 heavy (non-hydrogen) atoms. The van der Waals surface area contributed by atoms with Crippen molar-refractivity contribution in [1.29, 1.82) is 0 Å². The van der Waals surface area contributed by atoms with Gasteiger partial charge in [0, 0.05) is 5.56 Å². The average Bonchev–Trinajstić information content (AvgIpc) is 2.63. The summed E-state index contributed by atoms with van der Waals surface area (Å²) in [4.78, 5) is 0. The number of halogens is 1. The minimum atomic E-state index is -0.344. The lowest BCUT2D eigenvalue weighted by atomic mass is 10.1. The third-order valence-electron chi connectivity index (χ3n) is 3.48. The maximum Gasteiger partial charge on any atom is 0.161 e. The molecule has 0 radical (unpaired) electrons. The molecule has 0 fully saturated rings. The molecule has 3 aromatic rings. The Hall–Kier alpha value is -3.15. The largest absolute Gasteiger partial charge is 0.493 e. The molecule has 0 unspecified atom stereocenters. The van der Waals surface area contributed by atoms with Crippen molar-refractivity contribution in [2.75, 3.05) is 19.5 Å². The summed E-state index contributed by atoms with van der Waals surface area (Å²) in [5.41, 5.74) is 1.87. The molecule has 2 aromatic carbocycles. The standard InChI is InChI=1S/C18H16FN3O2/c1-23-16-9-7-12(11-17(16)24-2)14-8-10-18(22-21-14)20-15-6-4-3-5-13(15)19/h3-11H,1-2H3,(H,20,22). The first-order valence-electron chi connectivity index (χ1n) is 7.29. The highest BCUT2D eigenvalue weighted by atomic mass is 19.1. The van der Waals surface area contributed by atoms with E-state index in [1.54, 1.807) is 50.6 Å². The van der Waals surface area contributed by atoms with E-state index in [-0.39, 0.29) is 5.82 Å². The number of methoxy groups -OCH3 is 2. The Bertz CT molecular complexity index is 838. The van der Waals surface area contributed by atoms with Crippen LogP contribution in [0.2, 0.25) is 0 Å². The summed E-state index contributed by atoms with van der Waals surface area (Å²) >= 11 is 0. The van der Waals surface area contributed by atoms with Crippen LogP contribution in [0.3, 0.4) is 0 Å². The van der Waals surface area contributed by atoms with E-state index in [0.717, 1.165) is 5.56 Å². The maximum absolute atomic E-state index is 13.6. The summed E-state index contributed by atoms with van der Waals surface area (Å²) in [5, 5.41) is 11.2. The zero-order chi connectivity index (χ0) is 16.9. The van der Waals surface area contributed by atoms with Gasteiger partial charge in [-0.05, 0) is 42.5 Å². The number of hydrogen-bond donors (Lipinski definition) is 1. The molecule has 5 nitrogen and oxygen atoms in total. The molecule has 0 aliphatic heterocycles. The van der Waals surface area contributed by atoms with Gasteiger partial charge in [-0.1, -0.05) is 12.1 Å². The Morgan fingerprint density at radius 1 is 0.875 bits per heavy atom. The minimum absolute atomic E-state index is 0.344. The summed E-state index contributed by atoms with van der Waals surface area (Å²) < 4.78 is 24.1. The first-order valence-corrected chi connectivity index (χ1v) is 7.29. The lowest BCUT2D eigenvalue weighted by Crippen LogP contribution is -1.98. The Morgan fingerprint density at radius 2 is 1.67 bits per heavy atom.